The van der Waals surface area contributed by atoms with Crippen molar-refractivity contribution in [2.24, 2.45) is 4.99 Å². The fourth-order valence-corrected chi connectivity index (χ4v) is 5.77. The number of rotatable bonds is 7. The predicted octanol–water partition coefficient (Wildman–Crippen LogP) is 3.66. The second-order valence-electron chi connectivity index (χ2n) is 9.85. The van der Waals surface area contributed by atoms with E-state index in [9.17, 15) is 4.79 Å². The maximum atomic E-state index is 11.9. The summed E-state index contributed by atoms with van der Waals surface area (Å²) in [5.41, 5.74) is 2.72. The van der Waals surface area contributed by atoms with Gasteiger partial charge in [-0.3, -0.25) is 14.7 Å². The van der Waals surface area contributed by atoms with Crippen molar-refractivity contribution in [3.63, 3.8) is 0 Å². The van der Waals surface area contributed by atoms with Crippen molar-refractivity contribution in [1.82, 2.24) is 20.4 Å². The number of hydrogen-bond donors (Lipinski definition) is 2. The summed E-state index contributed by atoms with van der Waals surface area (Å²) in [5, 5.41) is 7.19. The molecule has 0 aromatic heterocycles. The first-order chi connectivity index (χ1) is 15.7. The van der Waals surface area contributed by atoms with Crippen LogP contribution in [0.4, 0.5) is 0 Å². The maximum Gasteiger partial charge on any atom is 0.222 e. The molecule has 0 bridgehead atoms. The van der Waals surface area contributed by atoms with Gasteiger partial charge in [0.1, 0.15) is 0 Å². The molecule has 2 heterocycles. The second-order valence-corrected chi connectivity index (χ2v) is 9.85. The average Bonchev–Trinajstić information content (AvgIpc) is 3.25. The third kappa shape index (κ3) is 5.83. The van der Waals surface area contributed by atoms with Crippen molar-refractivity contribution in [1.29, 1.82) is 0 Å². The Morgan fingerprint density at radius 2 is 1.72 bits per heavy atom. The minimum absolute atomic E-state index is 0.281. The number of nitrogens with zero attached hydrogens (tertiary/aromatic N) is 3. The van der Waals surface area contributed by atoms with E-state index in [2.05, 4.69) is 44.8 Å². The zero-order valence-electron chi connectivity index (χ0n) is 19.9. The Balaban J connectivity index is 1.31. The summed E-state index contributed by atoms with van der Waals surface area (Å²) in [6, 6.07) is 8.57. The van der Waals surface area contributed by atoms with Crippen LogP contribution in [0.5, 0.6) is 0 Å². The molecule has 0 spiro atoms. The number of likely N-dealkylation sites (tertiary alicyclic amines) is 2. The lowest BCUT2D eigenvalue weighted by atomic mass is 9.79. The molecule has 1 amide bonds. The third-order valence-corrected chi connectivity index (χ3v) is 7.62. The summed E-state index contributed by atoms with van der Waals surface area (Å²) in [6.45, 7) is 5.82. The van der Waals surface area contributed by atoms with Gasteiger partial charge in [0.05, 0.1) is 0 Å². The molecule has 0 unspecified atom stereocenters. The molecule has 176 valence electrons. The maximum absolute atomic E-state index is 11.9. The fraction of sp³-hybridized carbons (Fsp3) is 0.692. The van der Waals surface area contributed by atoms with Crippen LogP contribution in [0.25, 0.3) is 0 Å². The van der Waals surface area contributed by atoms with Crippen molar-refractivity contribution >= 4 is 11.9 Å². The number of benzene rings is 1. The van der Waals surface area contributed by atoms with Crippen molar-refractivity contribution in [2.45, 2.75) is 82.8 Å². The van der Waals surface area contributed by atoms with E-state index in [0.717, 1.165) is 38.6 Å². The summed E-state index contributed by atoms with van der Waals surface area (Å²) in [7, 11) is 1.86. The summed E-state index contributed by atoms with van der Waals surface area (Å²) in [4.78, 5) is 21.2. The quantitative estimate of drug-likeness (QED) is 0.503. The van der Waals surface area contributed by atoms with E-state index in [1.54, 1.807) is 0 Å². The lowest BCUT2D eigenvalue weighted by Gasteiger charge is -2.48. The number of hydrogen-bond acceptors (Lipinski definition) is 3. The Morgan fingerprint density at radius 1 is 0.969 bits per heavy atom. The van der Waals surface area contributed by atoms with Crippen LogP contribution in [0.1, 0.15) is 75.3 Å². The molecule has 3 aliphatic rings. The molecule has 2 N–H and O–H groups in total. The Labute approximate surface area is 193 Å². The number of carbonyl (C=O) groups is 1. The van der Waals surface area contributed by atoms with Crippen molar-refractivity contribution in [3.05, 3.63) is 35.4 Å². The highest BCUT2D eigenvalue weighted by Crippen LogP contribution is 2.35. The largest absolute Gasteiger partial charge is 0.355 e. The standard InChI is InChI=1S/C26H41N5O/c1-27-25(29-21-26(13-4-2-5-14-26)31-16-6-3-7-17-31)28-19-22-10-8-11-23(18-22)20-30-15-9-12-24(30)32/h8,10-11,18H,2-7,9,12-17,19-21H2,1H3,(H2,27,28,29). The predicted molar refractivity (Wildman–Crippen MR) is 131 cm³/mol. The van der Waals surface area contributed by atoms with Crippen molar-refractivity contribution in [2.75, 3.05) is 33.2 Å². The number of amides is 1. The van der Waals surface area contributed by atoms with Crippen LogP contribution in [-0.2, 0) is 17.9 Å². The first kappa shape index (κ1) is 23.1. The average molecular weight is 440 g/mol. The molecule has 2 aliphatic heterocycles. The summed E-state index contributed by atoms with van der Waals surface area (Å²) in [5.74, 6) is 1.16. The molecule has 0 radical (unpaired) electrons. The molecule has 1 saturated carbocycles. The monoisotopic (exact) mass is 439 g/mol. The Morgan fingerprint density at radius 3 is 2.44 bits per heavy atom. The van der Waals surface area contributed by atoms with E-state index >= 15 is 0 Å². The Hall–Kier alpha value is -2.08. The molecule has 1 aromatic rings. The summed E-state index contributed by atoms with van der Waals surface area (Å²) in [6.07, 6.45) is 12.4. The first-order valence-electron chi connectivity index (χ1n) is 12.7. The third-order valence-electron chi connectivity index (χ3n) is 7.62. The van der Waals surface area contributed by atoms with Gasteiger partial charge >= 0.3 is 0 Å². The molecule has 32 heavy (non-hydrogen) atoms. The van der Waals surface area contributed by atoms with Gasteiger partial charge in [-0.2, -0.15) is 0 Å². The Bertz CT molecular complexity index is 780. The van der Waals surface area contributed by atoms with Crippen LogP contribution < -0.4 is 10.6 Å². The molecule has 1 aromatic carbocycles. The number of nitrogens with one attached hydrogen (secondary N) is 2. The van der Waals surface area contributed by atoms with Gasteiger partial charge in [-0.15, -0.1) is 0 Å². The Kier molecular flexibility index (Phi) is 8.06. The van der Waals surface area contributed by atoms with Gasteiger partial charge in [-0.05, 0) is 56.3 Å². The van der Waals surface area contributed by atoms with Crippen LogP contribution in [0, 0.1) is 0 Å². The highest BCUT2D eigenvalue weighted by atomic mass is 16.2. The van der Waals surface area contributed by atoms with E-state index in [1.165, 1.54) is 75.6 Å². The van der Waals surface area contributed by atoms with E-state index in [4.69, 9.17) is 0 Å². The fourth-order valence-electron chi connectivity index (χ4n) is 5.77. The molecule has 6 heteroatoms. The second kappa shape index (κ2) is 11.2. The summed E-state index contributed by atoms with van der Waals surface area (Å²) < 4.78 is 0. The number of carbonyl (C=O) groups excluding carboxylic acids is 1. The van der Waals surface area contributed by atoms with Gasteiger partial charge in [0, 0.05) is 45.2 Å². The van der Waals surface area contributed by atoms with Crippen molar-refractivity contribution in [3.8, 4) is 0 Å². The molecular formula is C26H41N5O. The zero-order chi connectivity index (χ0) is 22.2. The lowest BCUT2D eigenvalue weighted by molar-refractivity contribution is -0.128. The van der Waals surface area contributed by atoms with Gasteiger partial charge < -0.3 is 15.5 Å². The van der Waals surface area contributed by atoms with Crippen molar-refractivity contribution < 1.29 is 4.79 Å². The molecule has 0 atom stereocenters. The van der Waals surface area contributed by atoms with Crippen LogP contribution in [-0.4, -0.2) is 60.4 Å². The number of guanidine groups is 1. The van der Waals surface area contributed by atoms with E-state index < -0.39 is 0 Å². The molecule has 2 saturated heterocycles. The normalized spacial score (nSPS) is 22.2. The molecule has 6 nitrogen and oxygen atoms in total. The minimum Gasteiger partial charge on any atom is -0.355 e. The smallest absolute Gasteiger partial charge is 0.222 e. The van der Waals surface area contributed by atoms with E-state index in [-0.39, 0.29) is 5.91 Å². The molecule has 3 fully saturated rings. The van der Waals surface area contributed by atoms with Gasteiger partial charge in [0.25, 0.3) is 0 Å². The molecule has 4 rings (SSSR count). The highest BCUT2D eigenvalue weighted by molar-refractivity contribution is 5.79. The number of aliphatic imine (C=N–C) groups is 1. The van der Waals surface area contributed by atoms with Gasteiger partial charge in [-0.25, -0.2) is 0 Å². The van der Waals surface area contributed by atoms with Crippen LogP contribution >= 0.6 is 0 Å². The van der Waals surface area contributed by atoms with E-state index in [0.29, 0.717) is 12.0 Å². The van der Waals surface area contributed by atoms with Gasteiger partial charge in [0.2, 0.25) is 5.91 Å². The lowest BCUT2D eigenvalue weighted by Crippen LogP contribution is -2.59. The zero-order valence-corrected chi connectivity index (χ0v) is 19.9. The minimum atomic E-state index is 0.281. The van der Waals surface area contributed by atoms with Gasteiger partial charge in [-0.1, -0.05) is 49.9 Å². The first-order valence-corrected chi connectivity index (χ1v) is 12.7. The van der Waals surface area contributed by atoms with E-state index in [1.807, 2.05) is 11.9 Å². The van der Waals surface area contributed by atoms with Gasteiger partial charge in [0.15, 0.2) is 5.96 Å². The van der Waals surface area contributed by atoms with Crippen LogP contribution in [0.2, 0.25) is 0 Å². The molecule has 1 aliphatic carbocycles. The highest BCUT2D eigenvalue weighted by Gasteiger charge is 2.38. The SMILES string of the molecule is CN=C(NCc1cccc(CN2CCCC2=O)c1)NCC1(N2CCCCC2)CCCCC1. The number of piperidine rings is 1. The summed E-state index contributed by atoms with van der Waals surface area (Å²) >= 11 is 0. The molecular weight excluding hydrogens is 398 g/mol. The van der Waals surface area contributed by atoms with Crippen LogP contribution in [0.15, 0.2) is 29.3 Å². The topological polar surface area (TPSA) is 60.0 Å². The van der Waals surface area contributed by atoms with Crippen LogP contribution in [0.3, 0.4) is 0 Å².